The summed E-state index contributed by atoms with van der Waals surface area (Å²) in [5.74, 6) is 0.150. The third kappa shape index (κ3) is 14.9. The molecule has 180 valence electrons. The summed E-state index contributed by atoms with van der Waals surface area (Å²) in [5, 5.41) is 0. The van der Waals surface area contributed by atoms with Crippen molar-refractivity contribution in [3.63, 3.8) is 0 Å². The van der Waals surface area contributed by atoms with Gasteiger partial charge in [-0.05, 0) is 19.3 Å². The van der Waals surface area contributed by atoms with E-state index >= 15 is 0 Å². The topological polar surface area (TPSA) is 67.8 Å². The Kier molecular flexibility index (Phi) is 14.8. The van der Waals surface area contributed by atoms with E-state index in [-0.39, 0.29) is 25.2 Å². The van der Waals surface area contributed by atoms with Gasteiger partial charge < -0.3 is 23.2 Å². The molecule has 3 atom stereocenters. The van der Waals surface area contributed by atoms with Crippen molar-refractivity contribution in [2.45, 2.75) is 96.5 Å². The molecule has 0 aromatic heterocycles. The van der Waals surface area contributed by atoms with E-state index in [1.807, 2.05) is 21.1 Å². The van der Waals surface area contributed by atoms with Crippen LogP contribution < -0.4 is 4.89 Å². The molecule has 0 aromatic carbocycles. The highest BCUT2D eigenvalue weighted by atomic mass is 31.2. The van der Waals surface area contributed by atoms with Gasteiger partial charge in [-0.25, -0.2) is 0 Å². The van der Waals surface area contributed by atoms with Crippen LogP contribution in [0.1, 0.15) is 90.4 Å². The van der Waals surface area contributed by atoms with E-state index in [1.54, 1.807) is 0 Å². The van der Waals surface area contributed by atoms with Crippen LogP contribution in [0.15, 0.2) is 0 Å². The van der Waals surface area contributed by atoms with Gasteiger partial charge in [-0.15, -0.1) is 0 Å². The molecular weight excluding hydrogens is 401 g/mol. The average molecular weight is 450 g/mol. The van der Waals surface area contributed by atoms with E-state index in [9.17, 15) is 9.46 Å². The van der Waals surface area contributed by atoms with Crippen LogP contribution in [0.2, 0.25) is 0 Å². The molecule has 1 saturated carbocycles. The molecule has 1 unspecified atom stereocenters. The van der Waals surface area contributed by atoms with E-state index < -0.39 is 7.82 Å². The van der Waals surface area contributed by atoms with E-state index in [4.69, 9.17) is 13.8 Å². The summed E-state index contributed by atoms with van der Waals surface area (Å²) in [6, 6.07) is 0. The van der Waals surface area contributed by atoms with Crippen molar-refractivity contribution in [3.8, 4) is 0 Å². The summed E-state index contributed by atoms with van der Waals surface area (Å²) in [5.41, 5.74) is 0. The first-order valence-corrected chi connectivity index (χ1v) is 13.7. The molecule has 0 bridgehead atoms. The van der Waals surface area contributed by atoms with Crippen molar-refractivity contribution in [1.29, 1.82) is 0 Å². The smallest absolute Gasteiger partial charge is 0.268 e. The number of unbranched alkanes of at least 4 members (excludes halogenated alkanes) is 9. The molecule has 1 aliphatic rings. The molecule has 6 nitrogen and oxygen atoms in total. The Bertz CT molecular complexity index is 469. The lowest BCUT2D eigenvalue weighted by Crippen LogP contribution is -2.37. The van der Waals surface area contributed by atoms with E-state index in [2.05, 4.69) is 6.92 Å². The zero-order chi connectivity index (χ0) is 22.3. The molecule has 0 heterocycles. The first-order valence-electron chi connectivity index (χ1n) is 12.3. The second kappa shape index (κ2) is 15.8. The van der Waals surface area contributed by atoms with Crippen molar-refractivity contribution in [3.05, 3.63) is 0 Å². The quantitative estimate of drug-likeness (QED) is 0.152. The molecule has 0 amide bonds. The monoisotopic (exact) mass is 449 g/mol. The molecular formula is C23H48NO5P. The number of ether oxygens (including phenoxy) is 1. The Morgan fingerprint density at radius 2 is 1.47 bits per heavy atom. The molecule has 0 aliphatic heterocycles. The minimum atomic E-state index is -4.23. The number of hydrogen-bond donors (Lipinski definition) is 0. The maximum absolute atomic E-state index is 12.0. The summed E-state index contributed by atoms with van der Waals surface area (Å²) < 4.78 is 28.8. The van der Waals surface area contributed by atoms with E-state index in [0.717, 1.165) is 32.3 Å². The van der Waals surface area contributed by atoms with Gasteiger partial charge in [0.25, 0.3) is 7.82 Å². The third-order valence-electron chi connectivity index (χ3n) is 5.88. The van der Waals surface area contributed by atoms with Gasteiger partial charge in [0.2, 0.25) is 0 Å². The molecule has 1 fully saturated rings. The number of likely N-dealkylation sites (N-methyl/N-ethyl adjacent to an activating group) is 1. The first kappa shape index (κ1) is 28.1. The van der Waals surface area contributed by atoms with Crippen LogP contribution in [0.3, 0.4) is 0 Å². The van der Waals surface area contributed by atoms with Gasteiger partial charge in [-0.2, -0.15) is 0 Å². The zero-order valence-corrected chi connectivity index (χ0v) is 21.0. The first-order chi connectivity index (χ1) is 14.2. The van der Waals surface area contributed by atoms with Crippen molar-refractivity contribution in [2.75, 3.05) is 47.5 Å². The van der Waals surface area contributed by atoms with Gasteiger partial charge in [0, 0.05) is 12.5 Å². The molecule has 0 N–H and O–H groups in total. The highest BCUT2D eigenvalue weighted by molar-refractivity contribution is 7.45. The molecule has 30 heavy (non-hydrogen) atoms. The lowest BCUT2D eigenvalue weighted by Gasteiger charge is -2.28. The van der Waals surface area contributed by atoms with Crippen LogP contribution in [-0.4, -0.2) is 58.1 Å². The molecule has 7 heteroatoms. The van der Waals surface area contributed by atoms with Crippen LogP contribution >= 0.6 is 7.82 Å². The van der Waals surface area contributed by atoms with Crippen LogP contribution in [0.5, 0.6) is 0 Å². The van der Waals surface area contributed by atoms with Gasteiger partial charge in [-0.1, -0.05) is 71.1 Å². The maximum Gasteiger partial charge on any atom is 0.268 e. The Morgan fingerprint density at radius 1 is 0.867 bits per heavy atom. The van der Waals surface area contributed by atoms with Gasteiger partial charge in [0.15, 0.2) is 0 Å². The minimum absolute atomic E-state index is 0.120. The zero-order valence-electron chi connectivity index (χ0n) is 20.1. The van der Waals surface area contributed by atoms with Crippen molar-refractivity contribution < 1.29 is 27.7 Å². The fourth-order valence-corrected chi connectivity index (χ4v) is 4.64. The van der Waals surface area contributed by atoms with Crippen LogP contribution in [0, 0.1) is 5.92 Å². The summed E-state index contributed by atoms with van der Waals surface area (Å²) in [6.07, 6.45) is 16.3. The Balaban J connectivity index is 2.07. The second-order valence-corrected chi connectivity index (χ2v) is 11.3. The van der Waals surface area contributed by atoms with Gasteiger partial charge in [0.05, 0.1) is 33.9 Å². The summed E-state index contributed by atoms with van der Waals surface area (Å²) in [7, 11) is 1.76. The lowest BCUT2D eigenvalue weighted by atomic mass is 10.1. The normalized spacial score (nSPS) is 21.8. The number of quaternary nitrogens is 1. The number of hydrogen-bond acceptors (Lipinski definition) is 5. The summed E-state index contributed by atoms with van der Waals surface area (Å²) in [6.45, 7) is 3.96. The molecule has 1 aliphatic carbocycles. The summed E-state index contributed by atoms with van der Waals surface area (Å²) in [4.78, 5) is 12.0. The van der Waals surface area contributed by atoms with Crippen LogP contribution in [0.25, 0.3) is 0 Å². The van der Waals surface area contributed by atoms with E-state index in [1.165, 1.54) is 57.8 Å². The average Bonchev–Trinajstić information content (AvgIpc) is 3.11. The second-order valence-electron chi connectivity index (χ2n) is 9.87. The molecule has 0 saturated heterocycles. The molecule has 0 aromatic rings. The predicted molar refractivity (Wildman–Crippen MR) is 121 cm³/mol. The van der Waals surface area contributed by atoms with Crippen LogP contribution in [0.4, 0.5) is 0 Å². The maximum atomic E-state index is 12.0. The number of phosphoric acid groups is 1. The number of nitrogens with zero attached hydrogens (tertiary/aromatic N) is 1. The number of rotatable bonds is 19. The fourth-order valence-electron chi connectivity index (χ4n) is 3.89. The Hall–Kier alpha value is 0.0300. The van der Waals surface area contributed by atoms with Crippen LogP contribution in [-0.2, 0) is 18.3 Å². The number of phosphoric ester groups is 1. The highest BCUT2D eigenvalue weighted by Crippen LogP contribution is 2.40. The Labute approximate surface area is 185 Å². The van der Waals surface area contributed by atoms with Gasteiger partial charge in [-0.3, -0.25) is 4.57 Å². The lowest BCUT2D eigenvalue weighted by molar-refractivity contribution is -0.870. The SMILES string of the molecule is CCCCCCCCCCCCO[C@H]1CCC[C@H]1COP(=O)([O-])OCC[N+](C)(C)C. The fraction of sp³-hybridized carbons (Fsp3) is 1.00. The van der Waals surface area contributed by atoms with Gasteiger partial charge >= 0.3 is 0 Å². The highest BCUT2D eigenvalue weighted by Gasteiger charge is 2.29. The summed E-state index contributed by atoms with van der Waals surface area (Å²) >= 11 is 0. The predicted octanol–water partition coefficient (Wildman–Crippen LogP) is 5.30. The van der Waals surface area contributed by atoms with Gasteiger partial charge in [0.1, 0.15) is 13.2 Å². The Morgan fingerprint density at radius 3 is 2.07 bits per heavy atom. The molecule has 1 rings (SSSR count). The van der Waals surface area contributed by atoms with E-state index in [0.29, 0.717) is 11.0 Å². The largest absolute Gasteiger partial charge is 0.756 e. The molecule has 0 radical (unpaired) electrons. The minimum Gasteiger partial charge on any atom is -0.756 e. The van der Waals surface area contributed by atoms with Crippen molar-refractivity contribution in [2.24, 2.45) is 5.92 Å². The standard InChI is InChI=1S/C23H48NO5P/c1-5-6-7-8-9-10-11-12-13-14-19-27-23-17-15-16-22(23)21-29-30(25,26)28-20-18-24(2,3)4/h22-23H,5-21H2,1-4H3/t22-,23-/m0/s1. The van der Waals surface area contributed by atoms with Crippen molar-refractivity contribution >= 4 is 7.82 Å². The molecule has 0 spiro atoms. The van der Waals surface area contributed by atoms with Crippen molar-refractivity contribution in [1.82, 2.24) is 0 Å². The third-order valence-corrected chi connectivity index (χ3v) is 6.84.